The molecule has 0 aliphatic carbocycles. The fourth-order valence-corrected chi connectivity index (χ4v) is 4.17. The molecular formula is C24H25N5O2S. The summed E-state index contributed by atoms with van der Waals surface area (Å²) < 4.78 is 7.49. The van der Waals surface area contributed by atoms with Crippen LogP contribution in [0.4, 0.5) is 0 Å². The van der Waals surface area contributed by atoms with Crippen LogP contribution in [-0.4, -0.2) is 37.5 Å². The van der Waals surface area contributed by atoms with Gasteiger partial charge in [-0.1, -0.05) is 49.0 Å². The smallest absolute Gasteiger partial charge is 0.233 e. The van der Waals surface area contributed by atoms with Gasteiger partial charge in [0.25, 0.3) is 0 Å². The maximum atomic E-state index is 12.8. The summed E-state index contributed by atoms with van der Waals surface area (Å²) in [5.41, 5.74) is 2.06. The lowest BCUT2D eigenvalue weighted by Gasteiger charge is -2.16. The fraction of sp³-hybridized carbons (Fsp3) is 0.250. The fourth-order valence-electron chi connectivity index (χ4n) is 3.29. The Morgan fingerprint density at radius 2 is 1.94 bits per heavy atom. The van der Waals surface area contributed by atoms with Crippen LogP contribution in [0.2, 0.25) is 0 Å². The summed E-state index contributed by atoms with van der Waals surface area (Å²) in [7, 11) is 0. The summed E-state index contributed by atoms with van der Waals surface area (Å²) >= 11 is 1.38. The van der Waals surface area contributed by atoms with Gasteiger partial charge >= 0.3 is 0 Å². The Hall–Kier alpha value is -3.39. The molecule has 0 saturated heterocycles. The highest BCUT2D eigenvalue weighted by atomic mass is 32.2. The number of amides is 1. The van der Waals surface area contributed by atoms with E-state index in [-0.39, 0.29) is 17.1 Å². The molecule has 0 aliphatic heterocycles. The van der Waals surface area contributed by atoms with Crippen molar-refractivity contribution in [2.45, 2.75) is 36.7 Å². The van der Waals surface area contributed by atoms with Crippen molar-refractivity contribution in [2.24, 2.45) is 0 Å². The zero-order valence-corrected chi connectivity index (χ0v) is 18.8. The summed E-state index contributed by atoms with van der Waals surface area (Å²) in [6.45, 7) is 5.02. The maximum Gasteiger partial charge on any atom is 0.233 e. The van der Waals surface area contributed by atoms with E-state index in [9.17, 15) is 4.79 Å². The van der Waals surface area contributed by atoms with Crippen LogP contribution < -0.4 is 5.32 Å². The third-order valence-corrected chi connectivity index (χ3v) is 6.21. The largest absolute Gasteiger partial charge is 0.467 e. The summed E-state index contributed by atoms with van der Waals surface area (Å²) in [6.07, 6.45) is 5.10. The molecule has 2 unspecified atom stereocenters. The third-order valence-electron chi connectivity index (χ3n) is 5.13. The number of aromatic nitrogens is 4. The molecule has 0 aliphatic rings. The highest BCUT2D eigenvalue weighted by Crippen LogP contribution is 2.27. The third kappa shape index (κ3) is 5.26. The van der Waals surface area contributed by atoms with Gasteiger partial charge in [0.1, 0.15) is 5.76 Å². The monoisotopic (exact) mass is 447 g/mol. The molecule has 0 spiro atoms. The van der Waals surface area contributed by atoms with Gasteiger partial charge in [-0.05, 0) is 42.7 Å². The van der Waals surface area contributed by atoms with E-state index in [1.165, 1.54) is 17.3 Å². The number of carbonyl (C=O) groups is 1. The van der Waals surface area contributed by atoms with Gasteiger partial charge in [-0.3, -0.25) is 14.3 Å². The molecule has 164 valence electrons. The Balaban J connectivity index is 1.46. The molecule has 1 N–H and O–H groups in total. The molecule has 8 heteroatoms. The van der Waals surface area contributed by atoms with E-state index in [0.717, 1.165) is 11.3 Å². The molecule has 4 rings (SSSR count). The van der Waals surface area contributed by atoms with Gasteiger partial charge in [-0.15, -0.1) is 10.2 Å². The molecule has 0 radical (unpaired) electrons. The summed E-state index contributed by atoms with van der Waals surface area (Å²) in [4.78, 5) is 17.0. The zero-order chi connectivity index (χ0) is 22.3. The van der Waals surface area contributed by atoms with Crippen molar-refractivity contribution in [1.29, 1.82) is 0 Å². The van der Waals surface area contributed by atoms with Crippen LogP contribution in [0.3, 0.4) is 0 Å². The van der Waals surface area contributed by atoms with Gasteiger partial charge in [0, 0.05) is 24.5 Å². The predicted octanol–water partition coefficient (Wildman–Crippen LogP) is 4.38. The molecule has 7 nitrogen and oxygen atoms in total. The molecule has 4 aromatic rings. The topological polar surface area (TPSA) is 85.8 Å². The Morgan fingerprint density at radius 3 is 2.66 bits per heavy atom. The molecule has 2 atom stereocenters. The number of nitrogens with zero attached hydrogens (tertiary/aromatic N) is 4. The standard InChI is InChI=1S/C24H25N5O2S/c1-17(19-8-4-3-5-9-19)14-26-23(30)18(2)32-24-28-27-22(20-10-6-12-25-15-20)29(24)16-21-11-7-13-31-21/h3-13,15,17-18H,14,16H2,1-2H3,(H,26,30). The Bertz CT molecular complexity index is 1130. The normalized spacial score (nSPS) is 12.9. The summed E-state index contributed by atoms with van der Waals surface area (Å²) in [6, 6.07) is 17.7. The molecule has 32 heavy (non-hydrogen) atoms. The summed E-state index contributed by atoms with van der Waals surface area (Å²) in [5.74, 6) is 1.67. The first-order valence-corrected chi connectivity index (χ1v) is 11.3. The number of furan rings is 1. The number of rotatable bonds is 9. The molecule has 0 bridgehead atoms. The van der Waals surface area contributed by atoms with Crippen LogP contribution in [-0.2, 0) is 11.3 Å². The highest BCUT2D eigenvalue weighted by Gasteiger charge is 2.22. The van der Waals surface area contributed by atoms with Crippen molar-refractivity contribution < 1.29 is 9.21 Å². The van der Waals surface area contributed by atoms with Crippen LogP contribution >= 0.6 is 11.8 Å². The minimum Gasteiger partial charge on any atom is -0.467 e. The van der Waals surface area contributed by atoms with E-state index in [0.29, 0.717) is 24.1 Å². The van der Waals surface area contributed by atoms with Gasteiger partial charge in [-0.25, -0.2) is 0 Å². The minimum absolute atomic E-state index is 0.0340. The molecule has 3 aromatic heterocycles. The molecule has 3 heterocycles. The predicted molar refractivity (Wildman–Crippen MR) is 124 cm³/mol. The van der Waals surface area contributed by atoms with Crippen LogP contribution in [0.1, 0.15) is 31.1 Å². The van der Waals surface area contributed by atoms with E-state index in [4.69, 9.17) is 4.42 Å². The lowest BCUT2D eigenvalue weighted by Crippen LogP contribution is -2.33. The van der Waals surface area contributed by atoms with Crippen molar-refractivity contribution in [3.05, 3.63) is 84.6 Å². The minimum atomic E-state index is -0.334. The number of thioether (sulfide) groups is 1. The second-order valence-electron chi connectivity index (χ2n) is 7.53. The number of hydrogen-bond donors (Lipinski definition) is 1. The maximum absolute atomic E-state index is 12.8. The second-order valence-corrected chi connectivity index (χ2v) is 8.84. The van der Waals surface area contributed by atoms with Gasteiger partial charge in [0.2, 0.25) is 5.91 Å². The Labute approximate surface area is 191 Å². The van der Waals surface area contributed by atoms with E-state index >= 15 is 0 Å². The van der Waals surface area contributed by atoms with Crippen molar-refractivity contribution in [3.8, 4) is 11.4 Å². The second kappa shape index (κ2) is 10.3. The first-order valence-electron chi connectivity index (χ1n) is 10.5. The first kappa shape index (κ1) is 21.8. The van der Waals surface area contributed by atoms with Crippen molar-refractivity contribution >= 4 is 17.7 Å². The van der Waals surface area contributed by atoms with Gasteiger partial charge in [0.15, 0.2) is 11.0 Å². The average Bonchev–Trinajstić information content (AvgIpc) is 3.49. The van der Waals surface area contributed by atoms with Crippen LogP contribution in [0.25, 0.3) is 11.4 Å². The van der Waals surface area contributed by atoms with Gasteiger partial charge in [0.05, 0.1) is 18.1 Å². The Kier molecular flexibility index (Phi) is 7.01. The number of carbonyl (C=O) groups excluding carboxylic acids is 1. The average molecular weight is 448 g/mol. The number of nitrogens with one attached hydrogen (secondary N) is 1. The molecular weight excluding hydrogens is 422 g/mol. The SMILES string of the molecule is CC(Sc1nnc(-c2cccnc2)n1Cc1ccco1)C(=O)NCC(C)c1ccccc1. The van der Waals surface area contributed by atoms with Gasteiger partial charge < -0.3 is 9.73 Å². The molecule has 0 fully saturated rings. The van der Waals surface area contributed by atoms with Gasteiger partial charge in [-0.2, -0.15) is 0 Å². The van der Waals surface area contributed by atoms with Crippen molar-refractivity contribution in [3.63, 3.8) is 0 Å². The van der Waals surface area contributed by atoms with Crippen molar-refractivity contribution in [2.75, 3.05) is 6.54 Å². The lowest BCUT2D eigenvalue weighted by atomic mass is 10.0. The lowest BCUT2D eigenvalue weighted by molar-refractivity contribution is -0.120. The number of pyridine rings is 1. The molecule has 0 saturated carbocycles. The number of benzene rings is 1. The quantitative estimate of drug-likeness (QED) is 0.383. The van der Waals surface area contributed by atoms with E-state index in [1.807, 2.05) is 54.0 Å². The van der Waals surface area contributed by atoms with E-state index < -0.39 is 0 Å². The molecule has 1 aromatic carbocycles. The zero-order valence-electron chi connectivity index (χ0n) is 18.0. The van der Waals surface area contributed by atoms with E-state index in [2.05, 4.69) is 39.6 Å². The Morgan fingerprint density at radius 1 is 1.09 bits per heavy atom. The van der Waals surface area contributed by atoms with Crippen LogP contribution in [0.15, 0.2) is 82.8 Å². The van der Waals surface area contributed by atoms with E-state index in [1.54, 1.807) is 18.7 Å². The van der Waals surface area contributed by atoms with Crippen LogP contribution in [0, 0.1) is 0 Å². The summed E-state index contributed by atoms with van der Waals surface area (Å²) in [5, 5.41) is 12.1. The highest BCUT2D eigenvalue weighted by molar-refractivity contribution is 8.00. The van der Waals surface area contributed by atoms with Crippen LogP contribution in [0.5, 0.6) is 0 Å². The molecule has 1 amide bonds. The first-order chi connectivity index (χ1) is 15.6. The number of hydrogen-bond acceptors (Lipinski definition) is 6. The van der Waals surface area contributed by atoms with Crippen molar-refractivity contribution in [1.82, 2.24) is 25.1 Å².